The number of nitrogens with zero attached hydrogens (tertiary/aromatic N) is 1. The molecular formula is C11H13N3S2. The number of hydrogen-bond donors (Lipinski definition) is 2. The molecule has 2 N–H and O–H groups in total. The van der Waals surface area contributed by atoms with E-state index < -0.39 is 0 Å². The van der Waals surface area contributed by atoms with Crippen molar-refractivity contribution in [1.82, 2.24) is 10.3 Å². The van der Waals surface area contributed by atoms with Crippen LogP contribution in [0.5, 0.6) is 0 Å². The highest BCUT2D eigenvalue weighted by Crippen LogP contribution is 2.24. The Morgan fingerprint density at radius 1 is 1.50 bits per heavy atom. The molecule has 16 heavy (non-hydrogen) atoms. The number of thiazole rings is 1. The molecular weight excluding hydrogens is 238 g/mol. The zero-order valence-corrected chi connectivity index (χ0v) is 10.8. The molecule has 0 saturated carbocycles. The van der Waals surface area contributed by atoms with Gasteiger partial charge in [0, 0.05) is 12.2 Å². The van der Waals surface area contributed by atoms with Crippen LogP contribution in [-0.4, -0.2) is 16.6 Å². The number of aromatic nitrogens is 1. The van der Waals surface area contributed by atoms with Gasteiger partial charge in [0.15, 0.2) is 5.11 Å². The van der Waals surface area contributed by atoms with Crippen molar-refractivity contribution in [3.8, 4) is 0 Å². The molecule has 0 unspecified atom stereocenters. The lowest BCUT2D eigenvalue weighted by molar-refractivity contribution is 0.979. The number of hydrogen-bond acceptors (Lipinski definition) is 3. The molecule has 0 aliphatic carbocycles. The number of benzene rings is 1. The largest absolute Gasteiger partial charge is 0.363 e. The number of thiocarbonyl (C=S) groups is 1. The lowest BCUT2D eigenvalue weighted by Crippen LogP contribution is -2.27. The van der Waals surface area contributed by atoms with Crippen LogP contribution >= 0.6 is 23.6 Å². The van der Waals surface area contributed by atoms with E-state index in [1.54, 1.807) is 11.3 Å². The minimum atomic E-state index is 0.656. The SMILES string of the molecule is CCNC(=S)Nc1ccc2nc(C)sc2c1. The molecule has 0 atom stereocenters. The molecule has 0 bridgehead atoms. The summed E-state index contributed by atoms with van der Waals surface area (Å²) >= 11 is 6.82. The first kappa shape index (κ1) is 11.3. The van der Waals surface area contributed by atoms with Crippen molar-refractivity contribution in [2.24, 2.45) is 0 Å². The molecule has 84 valence electrons. The monoisotopic (exact) mass is 251 g/mol. The second kappa shape index (κ2) is 4.76. The normalized spacial score (nSPS) is 10.4. The van der Waals surface area contributed by atoms with E-state index in [1.165, 1.54) is 4.70 Å². The maximum Gasteiger partial charge on any atom is 0.170 e. The van der Waals surface area contributed by atoms with Crippen LogP contribution in [0.15, 0.2) is 18.2 Å². The zero-order valence-electron chi connectivity index (χ0n) is 9.20. The minimum Gasteiger partial charge on any atom is -0.363 e. The molecule has 5 heteroatoms. The van der Waals surface area contributed by atoms with E-state index in [-0.39, 0.29) is 0 Å². The summed E-state index contributed by atoms with van der Waals surface area (Å²) in [6.07, 6.45) is 0. The molecule has 2 aromatic rings. The van der Waals surface area contributed by atoms with Crippen LogP contribution in [-0.2, 0) is 0 Å². The van der Waals surface area contributed by atoms with E-state index in [0.29, 0.717) is 5.11 Å². The summed E-state index contributed by atoms with van der Waals surface area (Å²) in [7, 11) is 0. The summed E-state index contributed by atoms with van der Waals surface area (Å²) in [5.41, 5.74) is 2.05. The van der Waals surface area contributed by atoms with Gasteiger partial charge in [-0.2, -0.15) is 0 Å². The van der Waals surface area contributed by atoms with Gasteiger partial charge < -0.3 is 10.6 Å². The third-order valence-electron chi connectivity index (χ3n) is 2.09. The lowest BCUT2D eigenvalue weighted by atomic mass is 10.3. The standard InChI is InChI=1S/C11H13N3S2/c1-3-12-11(15)14-8-4-5-9-10(6-8)16-7(2)13-9/h4-6H,3H2,1-2H3,(H2,12,14,15). The molecule has 0 spiro atoms. The number of fused-ring (bicyclic) bond motifs is 1. The molecule has 2 rings (SSSR count). The van der Waals surface area contributed by atoms with E-state index in [2.05, 4.69) is 21.7 Å². The van der Waals surface area contributed by atoms with Crippen molar-refractivity contribution in [2.75, 3.05) is 11.9 Å². The Hall–Kier alpha value is -1.20. The Morgan fingerprint density at radius 3 is 3.06 bits per heavy atom. The number of aryl methyl sites for hydroxylation is 1. The Morgan fingerprint density at radius 2 is 2.31 bits per heavy atom. The lowest BCUT2D eigenvalue weighted by Gasteiger charge is -2.08. The van der Waals surface area contributed by atoms with Gasteiger partial charge >= 0.3 is 0 Å². The van der Waals surface area contributed by atoms with Crippen LogP contribution in [0.3, 0.4) is 0 Å². The summed E-state index contributed by atoms with van der Waals surface area (Å²) < 4.78 is 1.18. The van der Waals surface area contributed by atoms with Gasteiger partial charge in [-0.05, 0) is 44.3 Å². The summed E-state index contributed by atoms with van der Waals surface area (Å²) in [6.45, 7) is 4.86. The third kappa shape index (κ3) is 2.48. The Kier molecular flexibility index (Phi) is 3.36. The van der Waals surface area contributed by atoms with E-state index >= 15 is 0 Å². The molecule has 0 aliphatic heterocycles. The predicted octanol–water partition coefficient (Wildman–Crippen LogP) is 2.91. The van der Waals surface area contributed by atoms with E-state index in [1.807, 2.05) is 26.0 Å². The van der Waals surface area contributed by atoms with Crippen LogP contribution in [0.2, 0.25) is 0 Å². The van der Waals surface area contributed by atoms with Crippen molar-refractivity contribution in [3.63, 3.8) is 0 Å². The fourth-order valence-electron chi connectivity index (χ4n) is 1.45. The van der Waals surface area contributed by atoms with Crippen LogP contribution in [0.4, 0.5) is 5.69 Å². The molecule has 1 aromatic carbocycles. The van der Waals surface area contributed by atoms with Crippen LogP contribution < -0.4 is 10.6 Å². The molecule has 0 aliphatic rings. The van der Waals surface area contributed by atoms with E-state index in [9.17, 15) is 0 Å². The van der Waals surface area contributed by atoms with Crippen LogP contribution in [0, 0.1) is 6.92 Å². The first-order valence-corrected chi connectivity index (χ1v) is 6.33. The molecule has 1 heterocycles. The Balaban J connectivity index is 2.22. The number of nitrogens with one attached hydrogen (secondary N) is 2. The van der Waals surface area contributed by atoms with Crippen molar-refractivity contribution >= 4 is 44.6 Å². The van der Waals surface area contributed by atoms with Gasteiger partial charge in [0.25, 0.3) is 0 Å². The topological polar surface area (TPSA) is 37.0 Å². The summed E-state index contributed by atoms with van der Waals surface area (Å²) in [4.78, 5) is 4.41. The van der Waals surface area contributed by atoms with Crippen LogP contribution in [0.25, 0.3) is 10.2 Å². The van der Waals surface area contributed by atoms with Gasteiger partial charge in [-0.25, -0.2) is 4.98 Å². The Bertz CT molecular complexity index is 519. The van der Waals surface area contributed by atoms with Crippen molar-refractivity contribution in [2.45, 2.75) is 13.8 Å². The predicted molar refractivity (Wildman–Crippen MR) is 74.3 cm³/mol. The van der Waals surface area contributed by atoms with Crippen LogP contribution in [0.1, 0.15) is 11.9 Å². The quantitative estimate of drug-likeness (QED) is 0.805. The third-order valence-corrected chi connectivity index (χ3v) is 3.27. The second-order valence-corrected chi connectivity index (χ2v) is 5.04. The fraction of sp³-hybridized carbons (Fsp3) is 0.273. The average Bonchev–Trinajstić information content (AvgIpc) is 2.57. The summed E-state index contributed by atoms with van der Waals surface area (Å²) in [5, 5.41) is 7.94. The maximum atomic E-state index is 5.13. The zero-order chi connectivity index (χ0) is 11.5. The van der Waals surface area contributed by atoms with Gasteiger partial charge in [-0.1, -0.05) is 0 Å². The first-order chi connectivity index (χ1) is 7.69. The van der Waals surface area contributed by atoms with Gasteiger partial charge in [0.05, 0.1) is 15.2 Å². The molecule has 0 saturated heterocycles. The molecule has 3 nitrogen and oxygen atoms in total. The van der Waals surface area contributed by atoms with Gasteiger partial charge in [0.2, 0.25) is 0 Å². The van der Waals surface area contributed by atoms with E-state index in [0.717, 1.165) is 22.8 Å². The highest BCUT2D eigenvalue weighted by molar-refractivity contribution is 7.80. The Labute approximate surface area is 104 Å². The highest BCUT2D eigenvalue weighted by atomic mass is 32.1. The van der Waals surface area contributed by atoms with Crippen molar-refractivity contribution in [1.29, 1.82) is 0 Å². The van der Waals surface area contributed by atoms with Gasteiger partial charge in [0.1, 0.15) is 0 Å². The maximum absolute atomic E-state index is 5.13. The molecule has 0 radical (unpaired) electrons. The van der Waals surface area contributed by atoms with Gasteiger partial charge in [-0.3, -0.25) is 0 Å². The summed E-state index contributed by atoms with van der Waals surface area (Å²) in [5.74, 6) is 0. The average molecular weight is 251 g/mol. The minimum absolute atomic E-state index is 0.656. The fourth-order valence-corrected chi connectivity index (χ4v) is 2.58. The number of anilines is 1. The molecule has 0 fully saturated rings. The smallest absolute Gasteiger partial charge is 0.170 e. The second-order valence-electron chi connectivity index (χ2n) is 3.40. The molecule has 0 amide bonds. The van der Waals surface area contributed by atoms with Crippen molar-refractivity contribution in [3.05, 3.63) is 23.2 Å². The highest BCUT2D eigenvalue weighted by Gasteiger charge is 2.02. The van der Waals surface area contributed by atoms with Gasteiger partial charge in [-0.15, -0.1) is 11.3 Å². The molecule has 1 aromatic heterocycles. The first-order valence-electron chi connectivity index (χ1n) is 5.11. The van der Waals surface area contributed by atoms with E-state index in [4.69, 9.17) is 12.2 Å². The number of rotatable bonds is 2. The van der Waals surface area contributed by atoms with Crippen molar-refractivity contribution < 1.29 is 0 Å². The summed E-state index contributed by atoms with van der Waals surface area (Å²) in [6, 6.07) is 6.07.